The minimum atomic E-state index is -3.24. The van der Waals surface area contributed by atoms with Gasteiger partial charge in [-0.15, -0.1) is 11.6 Å². The number of rotatable bonds is 2. The van der Waals surface area contributed by atoms with Gasteiger partial charge in [0.15, 0.2) is 0 Å². The van der Waals surface area contributed by atoms with Gasteiger partial charge in [0, 0.05) is 5.88 Å². The molecule has 0 aliphatic rings. The Hall–Kier alpha value is 1.14. The Bertz CT molecular complexity index is 109. The third-order valence-corrected chi connectivity index (χ3v) is 1.20. The largest absolute Gasteiger partial charge is 2.00 e. The van der Waals surface area contributed by atoms with Gasteiger partial charge in [0.05, 0.1) is 0 Å². The standard InChI is InChI=1S/C2H5Cl.Mg.O5P2/c1-2-3;;1-6(2)5-7(3)4/h2H2,1H3;;/q;+2;. The van der Waals surface area contributed by atoms with Crippen LogP contribution in [-0.2, 0) is 13.4 Å². The molecule has 60 valence electrons. The Morgan fingerprint density at radius 1 is 1.36 bits per heavy atom. The third kappa shape index (κ3) is 35.2. The summed E-state index contributed by atoms with van der Waals surface area (Å²) in [6.07, 6.45) is 0. The van der Waals surface area contributed by atoms with E-state index in [0.717, 1.165) is 5.88 Å². The van der Waals surface area contributed by atoms with Gasteiger partial charge in [0.25, 0.3) is 0 Å². The maximum Gasteiger partial charge on any atom is 2.00 e. The molecule has 5 nitrogen and oxygen atoms in total. The second-order valence-corrected chi connectivity index (χ2v) is 2.88. The van der Waals surface area contributed by atoms with Gasteiger partial charge >= 0.3 is 39.6 Å². The Balaban J connectivity index is -0.000000140. The SMILES string of the molecule is CCCl.O=[P+]([O-])O[P+](=O)[O-].[Mg+2]. The Kier molecular flexibility index (Phi) is 22.5. The van der Waals surface area contributed by atoms with Crippen molar-refractivity contribution in [2.45, 2.75) is 6.92 Å². The van der Waals surface area contributed by atoms with Crippen molar-refractivity contribution in [1.29, 1.82) is 0 Å². The first-order chi connectivity index (χ1) is 4.54. The van der Waals surface area contributed by atoms with Crippen LogP contribution in [0.2, 0.25) is 0 Å². The van der Waals surface area contributed by atoms with E-state index in [-0.39, 0.29) is 23.1 Å². The molecule has 2 unspecified atom stereocenters. The molecule has 0 aromatic carbocycles. The van der Waals surface area contributed by atoms with Crippen LogP contribution in [0.5, 0.6) is 0 Å². The quantitative estimate of drug-likeness (QED) is 0.376. The molecule has 0 aliphatic carbocycles. The summed E-state index contributed by atoms with van der Waals surface area (Å²) >= 11 is 5.00. The fourth-order valence-electron chi connectivity index (χ4n) is 0.0544. The molecular formula is C2H5ClMgO5P2+2. The van der Waals surface area contributed by atoms with E-state index >= 15 is 0 Å². The van der Waals surface area contributed by atoms with Crippen molar-refractivity contribution in [1.82, 2.24) is 0 Å². The van der Waals surface area contributed by atoms with E-state index in [0.29, 0.717) is 0 Å². The second kappa shape index (κ2) is 13.7. The van der Waals surface area contributed by atoms with Crippen molar-refractivity contribution >= 4 is 51.2 Å². The zero-order valence-electron chi connectivity index (χ0n) is 5.73. The zero-order valence-corrected chi connectivity index (χ0v) is 9.69. The molecule has 0 saturated heterocycles. The van der Waals surface area contributed by atoms with E-state index < -0.39 is 16.5 Å². The summed E-state index contributed by atoms with van der Waals surface area (Å²) in [6.45, 7) is 1.89. The van der Waals surface area contributed by atoms with Crippen molar-refractivity contribution in [3.8, 4) is 0 Å². The van der Waals surface area contributed by atoms with Crippen LogP contribution < -0.4 is 9.79 Å². The van der Waals surface area contributed by atoms with Crippen molar-refractivity contribution in [3.05, 3.63) is 0 Å². The summed E-state index contributed by atoms with van der Waals surface area (Å²) in [5.74, 6) is 0.722. The van der Waals surface area contributed by atoms with Crippen LogP contribution >= 0.6 is 28.1 Å². The van der Waals surface area contributed by atoms with Crippen LogP contribution in [0.3, 0.4) is 0 Å². The van der Waals surface area contributed by atoms with Crippen LogP contribution in [0.25, 0.3) is 0 Å². The van der Waals surface area contributed by atoms with Gasteiger partial charge in [-0.25, -0.2) is 0 Å². The Morgan fingerprint density at radius 2 is 1.55 bits per heavy atom. The molecule has 0 aromatic rings. The van der Waals surface area contributed by atoms with Crippen molar-refractivity contribution in [3.63, 3.8) is 0 Å². The first kappa shape index (κ1) is 18.0. The molecule has 2 atom stereocenters. The minimum Gasteiger partial charge on any atom is -0.563 e. The summed E-state index contributed by atoms with van der Waals surface area (Å²) in [7, 11) is -6.47. The molecule has 0 heterocycles. The molecule has 0 N–H and O–H groups in total. The maximum absolute atomic E-state index is 9.24. The zero-order chi connectivity index (χ0) is 8.57. The van der Waals surface area contributed by atoms with Crippen molar-refractivity contribution < 1.29 is 23.2 Å². The molecule has 0 radical (unpaired) electrons. The van der Waals surface area contributed by atoms with E-state index in [2.05, 4.69) is 4.31 Å². The van der Waals surface area contributed by atoms with E-state index in [9.17, 15) is 18.9 Å². The van der Waals surface area contributed by atoms with Crippen LogP contribution in [0, 0.1) is 0 Å². The van der Waals surface area contributed by atoms with Gasteiger partial charge in [0.1, 0.15) is 4.31 Å². The van der Waals surface area contributed by atoms with Crippen molar-refractivity contribution in [2.75, 3.05) is 5.88 Å². The predicted molar refractivity (Wildman–Crippen MR) is 38.4 cm³/mol. The van der Waals surface area contributed by atoms with E-state index in [1.165, 1.54) is 0 Å². The molecule has 0 amide bonds. The number of alkyl halides is 1. The number of hydrogen-bond acceptors (Lipinski definition) is 5. The summed E-state index contributed by atoms with van der Waals surface area (Å²) in [4.78, 5) is 18.5. The van der Waals surface area contributed by atoms with E-state index in [4.69, 9.17) is 11.6 Å². The second-order valence-electron chi connectivity index (χ2n) is 0.796. The summed E-state index contributed by atoms with van der Waals surface area (Å²) in [5.41, 5.74) is 0. The maximum atomic E-state index is 9.24. The molecular weight excluding hydrogens is 226 g/mol. The number of hydrogen-bond donors (Lipinski definition) is 0. The molecule has 0 aromatic heterocycles. The van der Waals surface area contributed by atoms with Crippen LogP contribution in [0.4, 0.5) is 0 Å². The first-order valence-electron chi connectivity index (χ1n) is 2.07. The Labute approximate surface area is 87.1 Å². The fourth-order valence-corrected chi connectivity index (χ4v) is 0.490. The van der Waals surface area contributed by atoms with Gasteiger partial charge in [-0.2, -0.15) is 0 Å². The molecule has 0 fully saturated rings. The first-order valence-corrected chi connectivity index (χ1v) is 4.80. The fraction of sp³-hybridized carbons (Fsp3) is 1.00. The Morgan fingerprint density at radius 3 is 1.55 bits per heavy atom. The summed E-state index contributed by atoms with van der Waals surface area (Å²) in [6, 6.07) is 0. The monoisotopic (exact) mass is 230 g/mol. The predicted octanol–water partition coefficient (Wildman–Crippen LogP) is -0.0973. The molecule has 0 rings (SSSR count). The van der Waals surface area contributed by atoms with Crippen molar-refractivity contribution in [2.24, 2.45) is 0 Å². The minimum absolute atomic E-state index is 0. The normalized spacial score (nSPS) is 10.2. The topological polar surface area (TPSA) is 89.5 Å². The third-order valence-electron chi connectivity index (χ3n) is 0.133. The van der Waals surface area contributed by atoms with Gasteiger partial charge in [-0.05, 0) is 9.13 Å². The van der Waals surface area contributed by atoms with Crippen LogP contribution in [0.1, 0.15) is 6.92 Å². The molecule has 9 heteroatoms. The molecule has 0 bridgehead atoms. The van der Waals surface area contributed by atoms with Crippen LogP contribution in [0.15, 0.2) is 0 Å². The summed E-state index contributed by atoms with van der Waals surface area (Å²) < 4.78 is 21.6. The molecule has 0 saturated carbocycles. The average molecular weight is 231 g/mol. The molecule has 0 spiro atoms. The van der Waals surface area contributed by atoms with Gasteiger partial charge in [0.2, 0.25) is 0 Å². The van der Waals surface area contributed by atoms with Gasteiger partial charge in [-0.3, -0.25) is 0 Å². The molecule has 11 heavy (non-hydrogen) atoms. The van der Waals surface area contributed by atoms with Gasteiger partial charge in [-0.1, -0.05) is 6.92 Å². The van der Waals surface area contributed by atoms with E-state index in [1.54, 1.807) is 0 Å². The van der Waals surface area contributed by atoms with Gasteiger partial charge < -0.3 is 9.79 Å². The van der Waals surface area contributed by atoms with Crippen LogP contribution in [-0.4, -0.2) is 28.9 Å². The van der Waals surface area contributed by atoms with E-state index in [1.807, 2.05) is 6.92 Å². The summed E-state index contributed by atoms with van der Waals surface area (Å²) in [5, 5.41) is 0. The molecule has 0 aliphatic heterocycles. The average Bonchev–Trinajstić information content (AvgIpc) is 1.62. The number of halogens is 1. The smallest absolute Gasteiger partial charge is 0.563 e.